The summed E-state index contributed by atoms with van der Waals surface area (Å²) in [6, 6.07) is 5.95. The predicted molar refractivity (Wildman–Crippen MR) is 73.8 cm³/mol. The Bertz CT molecular complexity index is 430. The van der Waals surface area contributed by atoms with Gasteiger partial charge < -0.3 is 9.64 Å². The number of hydrogen-bond acceptors (Lipinski definition) is 3. The molecule has 0 aliphatic carbocycles. The van der Waals surface area contributed by atoms with Gasteiger partial charge in [-0.3, -0.25) is 4.79 Å². The smallest absolute Gasteiger partial charge is 0.197 e. The summed E-state index contributed by atoms with van der Waals surface area (Å²) in [6.45, 7) is 5.79. The van der Waals surface area contributed by atoms with E-state index in [0.717, 1.165) is 16.9 Å². The number of carbonyl (C=O) groups is 1. The van der Waals surface area contributed by atoms with Gasteiger partial charge in [0.2, 0.25) is 0 Å². The van der Waals surface area contributed by atoms with E-state index < -0.39 is 6.10 Å². The first-order valence-electron chi connectivity index (χ1n) is 6.02. The lowest BCUT2D eigenvalue weighted by Gasteiger charge is -2.13. The Morgan fingerprint density at radius 2 is 1.78 bits per heavy atom. The van der Waals surface area contributed by atoms with Gasteiger partial charge >= 0.3 is 0 Å². The normalized spacial score (nSPS) is 12.5. The van der Waals surface area contributed by atoms with Crippen molar-refractivity contribution in [3.63, 3.8) is 0 Å². The molecule has 0 fully saturated rings. The van der Waals surface area contributed by atoms with E-state index in [1.54, 1.807) is 13.1 Å². The van der Waals surface area contributed by atoms with Crippen molar-refractivity contribution in [2.45, 2.75) is 26.9 Å². The van der Waals surface area contributed by atoms with E-state index >= 15 is 0 Å². The summed E-state index contributed by atoms with van der Waals surface area (Å²) in [5.41, 5.74) is 2.27. The number of nitrogens with zero attached hydrogens (tertiary/aromatic N) is 1. The van der Waals surface area contributed by atoms with Crippen LogP contribution in [0.1, 0.15) is 18.1 Å². The zero-order valence-corrected chi connectivity index (χ0v) is 11.7. The number of ketones is 1. The first-order valence-corrected chi connectivity index (χ1v) is 6.02. The Kier molecular flexibility index (Phi) is 4.95. The Morgan fingerprint density at radius 1 is 1.22 bits per heavy atom. The van der Waals surface area contributed by atoms with E-state index in [9.17, 15) is 4.79 Å². The van der Waals surface area contributed by atoms with Gasteiger partial charge in [-0.15, -0.1) is 0 Å². The van der Waals surface area contributed by atoms with Gasteiger partial charge in [0.1, 0.15) is 5.75 Å². The predicted octanol–water partition coefficient (Wildman–Crippen LogP) is 2.72. The summed E-state index contributed by atoms with van der Waals surface area (Å²) in [4.78, 5) is 13.6. The molecular weight excluding hydrogens is 226 g/mol. The van der Waals surface area contributed by atoms with Crippen molar-refractivity contribution in [3.8, 4) is 5.75 Å². The van der Waals surface area contributed by atoms with Crippen molar-refractivity contribution in [1.29, 1.82) is 0 Å². The van der Waals surface area contributed by atoms with Gasteiger partial charge in [-0.05, 0) is 44.0 Å². The standard InChI is InChI=1S/C15H21NO2/c1-11-8-12(2)10-14(9-11)18-13(3)15(17)6-7-16(4)5/h6-10,13H,1-5H3. The molecular formula is C15H21NO2. The summed E-state index contributed by atoms with van der Waals surface area (Å²) in [5, 5.41) is 0. The molecule has 0 saturated heterocycles. The van der Waals surface area contributed by atoms with Gasteiger partial charge in [-0.2, -0.15) is 0 Å². The van der Waals surface area contributed by atoms with Gasteiger partial charge in [0, 0.05) is 26.4 Å². The highest BCUT2D eigenvalue weighted by molar-refractivity contribution is 5.93. The fourth-order valence-corrected chi connectivity index (χ4v) is 1.62. The molecule has 0 N–H and O–H groups in total. The zero-order valence-electron chi connectivity index (χ0n) is 11.7. The minimum Gasteiger partial charge on any atom is -0.483 e. The lowest BCUT2D eigenvalue weighted by Crippen LogP contribution is -2.22. The number of hydrogen-bond donors (Lipinski definition) is 0. The SMILES string of the molecule is Cc1cc(C)cc(OC(C)C(=O)C=CN(C)C)c1. The van der Waals surface area contributed by atoms with E-state index in [0.29, 0.717) is 0 Å². The number of rotatable bonds is 5. The van der Waals surface area contributed by atoms with Crippen LogP contribution in [0.2, 0.25) is 0 Å². The van der Waals surface area contributed by atoms with Crippen molar-refractivity contribution in [2.75, 3.05) is 14.1 Å². The molecule has 0 bridgehead atoms. The van der Waals surface area contributed by atoms with E-state index in [1.165, 1.54) is 6.08 Å². The van der Waals surface area contributed by atoms with Gasteiger partial charge in [0.05, 0.1) is 0 Å². The van der Waals surface area contributed by atoms with Crippen LogP contribution in [0.25, 0.3) is 0 Å². The summed E-state index contributed by atoms with van der Waals surface area (Å²) in [6.07, 6.45) is 2.79. The third-order valence-corrected chi connectivity index (χ3v) is 2.45. The first kappa shape index (κ1) is 14.3. The average Bonchev–Trinajstić information content (AvgIpc) is 2.24. The highest BCUT2D eigenvalue weighted by Gasteiger charge is 2.11. The van der Waals surface area contributed by atoms with E-state index in [2.05, 4.69) is 6.07 Å². The van der Waals surface area contributed by atoms with Crippen LogP contribution in [0.3, 0.4) is 0 Å². The number of aryl methyl sites for hydroxylation is 2. The molecule has 1 aromatic rings. The van der Waals surface area contributed by atoms with E-state index in [1.807, 2.05) is 45.0 Å². The van der Waals surface area contributed by atoms with E-state index in [-0.39, 0.29) is 5.78 Å². The molecule has 1 aromatic carbocycles. The number of ether oxygens (including phenoxy) is 1. The Balaban J connectivity index is 2.69. The molecule has 0 aliphatic rings. The minimum atomic E-state index is -0.470. The van der Waals surface area contributed by atoms with Crippen LogP contribution >= 0.6 is 0 Å². The molecule has 0 saturated carbocycles. The van der Waals surface area contributed by atoms with Crippen molar-refractivity contribution in [3.05, 3.63) is 41.6 Å². The molecule has 3 heteroatoms. The Morgan fingerprint density at radius 3 is 2.28 bits per heavy atom. The molecule has 3 nitrogen and oxygen atoms in total. The molecule has 0 radical (unpaired) electrons. The largest absolute Gasteiger partial charge is 0.483 e. The zero-order chi connectivity index (χ0) is 13.7. The quantitative estimate of drug-likeness (QED) is 0.749. The molecule has 0 spiro atoms. The maximum Gasteiger partial charge on any atom is 0.197 e. The first-order chi connectivity index (χ1) is 8.38. The maximum atomic E-state index is 11.8. The molecule has 1 unspecified atom stereocenters. The minimum absolute atomic E-state index is 0.0390. The highest BCUT2D eigenvalue weighted by Crippen LogP contribution is 2.17. The molecule has 0 aliphatic heterocycles. The fraction of sp³-hybridized carbons (Fsp3) is 0.400. The molecule has 98 valence electrons. The second-order valence-electron chi connectivity index (χ2n) is 4.77. The topological polar surface area (TPSA) is 29.5 Å². The van der Waals surface area contributed by atoms with Crippen LogP contribution in [0.15, 0.2) is 30.5 Å². The van der Waals surface area contributed by atoms with Crippen LogP contribution in [-0.2, 0) is 4.79 Å². The van der Waals surface area contributed by atoms with Crippen molar-refractivity contribution >= 4 is 5.78 Å². The monoisotopic (exact) mass is 247 g/mol. The lowest BCUT2D eigenvalue weighted by molar-refractivity contribution is -0.120. The highest BCUT2D eigenvalue weighted by atomic mass is 16.5. The van der Waals surface area contributed by atoms with Crippen LogP contribution in [0.4, 0.5) is 0 Å². The van der Waals surface area contributed by atoms with Crippen molar-refractivity contribution in [2.24, 2.45) is 0 Å². The second kappa shape index (κ2) is 6.24. The number of benzene rings is 1. The molecule has 0 amide bonds. The maximum absolute atomic E-state index is 11.8. The van der Waals surface area contributed by atoms with Gasteiger partial charge in [0.15, 0.2) is 11.9 Å². The van der Waals surface area contributed by atoms with Crippen molar-refractivity contribution in [1.82, 2.24) is 4.90 Å². The molecule has 18 heavy (non-hydrogen) atoms. The fourth-order valence-electron chi connectivity index (χ4n) is 1.62. The number of carbonyl (C=O) groups excluding carboxylic acids is 1. The Labute approximate surface area is 109 Å². The third kappa shape index (κ3) is 4.62. The van der Waals surface area contributed by atoms with Gasteiger partial charge in [-0.1, -0.05) is 6.07 Å². The summed E-state index contributed by atoms with van der Waals surface area (Å²) in [5.74, 6) is 0.703. The summed E-state index contributed by atoms with van der Waals surface area (Å²) < 4.78 is 5.65. The second-order valence-corrected chi connectivity index (χ2v) is 4.77. The van der Waals surface area contributed by atoms with Crippen LogP contribution in [0, 0.1) is 13.8 Å². The van der Waals surface area contributed by atoms with Gasteiger partial charge in [-0.25, -0.2) is 0 Å². The lowest BCUT2D eigenvalue weighted by atomic mass is 10.1. The van der Waals surface area contributed by atoms with Gasteiger partial charge in [0.25, 0.3) is 0 Å². The molecule has 1 atom stereocenters. The Hall–Kier alpha value is -1.77. The van der Waals surface area contributed by atoms with E-state index in [4.69, 9.17) is 4.74 Å². The van der Waals surface area contributed by atoms with Crippen LogP contribution in [0.5, 0.6) is 5.75 Å². The average molecular weight is 247 g/mol. The molecule has 0 aromatic heterocycles. The summed E-state index contributed by atoms with van der Waals surface area (Å²) >= 11 is 0. The third-order valence-electron chi connectivity index (χ3n) is 2.45. The van der Waals surface area contributed by atoms with Crippen molar-refractivity contribution < 1.29 is 9.53 Å². The molecule has 0 heterocycles. The van der Waals surface area contributed by atoms with Crippen LogP contribution < -0.4 is 4.74 Å². The summed E-state index contributed by atoms with van der Waals surface area (Å²) in [7, 11) is 3.75. The van der Waals surface area contributed by atoms with Crippen LogP contribution in [-0.4, -0.2) is 30.9 Å². The molecule has 1 rings (SSSR count).